The fourth-order valence-electron chi connectivity index (χ4n) is 2.62. The normalized spacial score (nSPS) is 16.7. The molecule has 1 saturated heterocycles. The van der Waals surface area contributed by atoms with Crippen molar-refractivity contribution in [1.29, 1.82) is 0 Å². The van der Waals surface area contributed by atoms with Gasteiger partial charge in [0.1, 0.15) is 4.90 Å². The van der Waals surface area contributed by atoms with Crippen LogP contribution < -0.4 is 0 Å². The number of nitrogens with zero attached hydrogens (tertiary/aromatic N) is 5. The summed E-state index contributed by atoms with van der Waals surface area (Å²) >= 11 is 0. The highest BCUT2D eigenvalue weighted by molar-refractivity contribution is 7.89. The first-order valence-corrected chi connectivity index (χ1v) is 8.30. The molecule has 3 aromatic rings. The molecular formula is C14H13N5O2S. The van der Waals surface area contributed by atoms with E-state index in [9.17, 15) is 8.42 Å². The molecule has 0 atom stereocenters. The lowest BCUT2D eigenvalue weighted by Gasteiger charge is -2.37. The fourth-order valence-corrected chi connectivity index (χ4v) is 4.30. The summed E-state index contributed by atoms with van der Waals surface area (Å²) in [5, 5.41) is 8.47. The van der Waals surface area contributed by atoms with Gasteiger partial charge < -0.3 is 0 Å². The Morgan fingerprint density at radius 1 is 1.09 bits per heavy atom. The van der Waals surface area contributed by atoms with Crippen LogP contribution in [-0.2, 0) is 10.0 Å². The second-order valence-corrected chi connectivity index (χ2v) is 7.10. The van der Waals surface area contributed by atoms with Crippen LogP contribution in [0.4, 0.5) is 0 Å². The number of hydrogen-bond acceptors (Lipinski definition) is 5. The van der Waals surface area contributed by atoms with E-state index in [1.807, 2.05) is 12.1 Å². The molecule has 1 fully saturated rings. The zero-order valence-electron chi connectivity index (χ0n) is 11.6. The molecule has 1 aliphatic heterocycles. The summed E-state index contributed by atoms with van der Waals surface area (Å²) in [4.78, 5) is 4.48. The first-order valence-electron chi connectivity index (χ1n) is 6.86. The Morgan fingerprint density at radius 3 is 2.68 bits per heavy atom. The van der Waals surface area contributed by atoms with E-state index in [1.165, 1.54) is 4.31 Å². The second kappa shape index (κ2) is 4.85. The summed E-state index contributed by atoms with van der Waals surface area (Å²) in [5.41, 5.74) is 0.509. The largest absolute Gasteiger partial charge is 0.255 e. The topological polar surface area (TPSA) is 81.0 Å². The van der Waals surface area contributed by atoms with Crippen molar-refractivity contribution in [3.63, 3.8) is 0 Å². The van der Waals surface area contributed by atoms with Crippen molar-refractivity contribution < 1.29 is 8.42 Å². The number of pyridine rings is 1. The monoisotopic (exact) mass is 315 g/mol. The van der Waals surface area contributed by atoms with E-state index in [4.69, 9.17) is 0 Å². The lowest BCUT2D eigenvalue weighted by Crippen LogP contribution is -2.50. The Hall–Kier alpha value is -2.32. The maximum Gasteiger partial charge on any atom is 0.245 e. The summed E-state index contributed by atoms with van der Waals surface area (Å²) in [5.74, 6) is 0. The molecule has 0 spiro atoms. The first kappa shape index (κ1) is 13.4. The zero-order chi connectivity index (χ0) is 15.2. The van der Waals surface area contributed by atoms with Gasteiger partial charge >= 0.3 is 0 Å². The molecule has 7 nitrogen and oxygen atoms in total. The van der Waals surface area contributed by atoms with E-state index in [0.29, 0.717) is 18.6 Å². The molecule has 0 radical (unpaired) electrons. The highest BCUT2D eigenvalue weighted by Gasteiger charge is 2.38. The number of sulfonamides is 1. The highest BCUT2D eigenvalue weighted by Crippen LogP contribution is 2.30. The number of rotatable bonds is 3. The average molecular weight is 315 g/mol. The molecule has 22 heavy (non-hydrogen) atoms. The molecule has 0 saturated carbocycles. The number of fused-ring (bicyclic) bond motifs is 1. The Labute approximate surface area is 127 Å². The van der Waals surface area contributed by atoms with Crippen molar-refractivity contribution in [2.24, 2.45) is 0 Å². The van der Waals surface area contributed by atoms with Crippen molar-refractivity contribution >= 4 is 20.9 Å². The van der Waals surface area contributed by atoms with Crippen LogP contribution in [0.1, 0.15) is 6.04 Å². The van der Waals surface area contributed by atoms with Gasteiger partial charge in [0.25, 0.3) is 0 Å². The molecule has 1 aromatic carbocycles. The number of hydrogen-bond donors (Lipinski definition) is 0. The van der Waals surface area contributed by atoms with Gasteiger partial charge in [0.2, 0.25) is 10.0 Å². The van der Waals surface area contributed by atoms with Crippen LogP contribution in [0.5, 0.6) is 0 Å². The number of aromatic nitrogens is 4. The summed E-state index contributed by atoms with van der Waals surface area (Å²) in [6, 6.07) is 8.90. The quantitative estimate of drug-likeness (QED) is 0.722. The van der Waals surface area contributed by atoms with Gasteiger partial charge in [0.05, 0.1) is 17.8 Å². The van der Waals surface area contributed by atoms with E-state index in [1.54, 1.807) is 41.5 Å². The minimum absolute atomic E-state index is 0.0419. The fraction of sp³-hybridized carbons (Fsp3) is 0.214. The van der Waals surface area contributed by atoms with Gasteiger partial charge in [-0.2, -0.15) is 4.31 Å². The van der Waals surface area contributed by atoms with E-state index >= 15 is 0 Å². The minimum atomic E-state index is -3.54. The third kappa shape index (κ3) is 1.99. The molecule has 4 rings (SSSR count). The molecule has 0 unspecified atom stereocenters. The summed E-state index contributed by atoms with van der Waals surface area (Å²) in [7, 11) is -3.54. The summed E-state index contributed by atoms with van der Waals surface area (Å²) in [6.45, 7) is 0.795. The summed E-state index contributed by atoms with van der Waals surface area (Å²) < 4.78 is 28.7. The van der Waals surface area contributed by atoms with Crippen LogP contribution in [0.25, 0.3) is 10.9 Å². The van der Waals surface area contributed by atoms with E-state index < -0.39 is 10.0 Å². The molecule has 0 aliphatic carbocycles. The van der Waals surface area contributed by atoms with E-state index in [0.717, 1.165) is 5.39 Å². The van der Waals surface area contributed by atoms with Gasteiger partial charge in [-0.3, -0.25) is 4.98 Å². The predicted octanol–water partition coefficient (Wildman–Crippen LogP) is 1.07. The van der Waals surface area contributed by atoms with Gasteiger partial charge in [-0.05, 0) is 12.1 Å². The van der Waals surface area contributed by atoms with Gasteiger partial charge in [0, 0.05) is 30.9 Å². The SMILES string of the molecule is O=S(=O)(c1cccc2cccnc12)N1CC(n2ccnn2)C1. The van der Waals surface area contributed by atoms with Crippen LogP contribution >= 0.6 is 0 Å². The van der Waals surface area contributed by atoms with E-state index in [2.05, 4.69) is 15.3 Å². The Balaban J connectivity index is 1.67. The average Bonchev–Trinajstić information content (AvgIpc) is 2.98. The molecule has 0 amide bonds. The molecule has 2 aromatic heterocycles. The standard InChI is InChI=1S/C14H13N5O2S/c20-22(21,18-9-12(10-18)19-8-7-16-17-19)13-5-1-3-11-4-2-6-15-14(11)13/h1-8,12H,9-10H2. The third-order valence-corrected chi connectivity index (χ3v) is 5.72. The lowest BCUT2D eigenvalue weighted by atomic mass is 10.2. The predicted molar refractivity (Wildman–Crippen MR) is 79.6 cm³/mol. The molecule has 0 N–H and O–H groups in total. The van der Waals surface area contributed by atoms with Crippen LogP contribution in [-0.4, -0.2) is 45.8 Å². The molecule has 0 bridgehead atoms. The van der Waals surface area contributed by atoms with Gasteiger partial charge in [0.15, 0.2) is 0 Å². The molecule has 3 heterocycles. The number of para-hydroxylation sites is 1. The Bertz CT molecular complexity index is 912. The van der Waals surface area contributed by atoms with E-state index in [-0.39, 0.29) is 10.9 Å². The van der Waals surface area contributed by atoms with Crippen molar-refractivity contribution in [3.05, 3.63) is 48.9 Å². The van der Waals surface area contributed by atoms with Crippen molar-refractivity contribution in [2.45, 2.75) is 10.9 Å². The van der Waals surface area contributed by atoms with Crippen LogP contribution in [0.2, 0.25) is 0 Å². The van der Waals surface area contributed by atoms with Crippen LogP contribution in [0.3, 0.4) is 0 Å². The summed E-state index contributed by atoms with van der Waals surface area (Å²) in [6.07, 6.45) is 4.94. The van der Waals surface area contributed by atoms with Gasteiger partial charge in [-0.1, -0.05) is 23.4 Å². The highest BCUT2D eigenvalue weighted by atomic mass is 32.2. The zero-order valence-corrected chi connectivity index (χ0v) is 12.4. The lowest BCUT2D eigenvalue weighted by molar-refractivity contribution is 0.189. The Kier molecular flexibility index (Phi) is 2.95. The molecule has 1 aliphatic rings. The van der Waals surface area contributed by atoms with Crippen LogP contribution in [0, 0.1) is 0 Å². The maximum atomic E-state index is 12.8. The third-order valence-electron chi connectivity index (χ3n) is 3.86. The maximum absolute atomic E-state index is 12.8. The molecular weight excluding hydrogens is 302 g/mol. The number of benzene rings is 1. The first-order chi connectivity index (χ1) is 10.7. The minimum Gasteiger partial charge on any atom is -0.255 e. The van der Waals surface area contributed by atoms with Crippen molar-refractivity contribution in [3.8, 4) is 0 Å². The Morgan fingerprint density at radius 2 is 1.91 bits per heavy atom. The van der Waals surface area contributed by atoms with Gasteiger partial charge in [-0.25, -0.2) is 13.1 Å². The molecule has 8 heteroatoms. The van der Waals surface area contributed by atoms with Crippen molar-refractivity contribution in [2.75, 3.05) is 13.1 Å². The smallest absolute Gasteiger partial charge is 0.245 e. The van der Waals surface area contributed by atoms with Crippen molar-refractivity contribution in [1.82, 2.24) is 24.3 Å². The van der Waals surface area contributed by atoms with Gasteiger partial charge in [-0.15, -0.1) is 5.10 Å². The second-order valence-electron chi connectivity index (χ2n) is 5.19. The molecule has 112 valence electrons. The van der Waals surface area contributed by atoms with Crippen LogP contribution in [0.15, 0.2) is 53.8 Å².